The summed E-state index contributed by atoms with van der Waals surface area (Å²) in [5.41, 5.74) is 1.25. The van der Waals surface area contributed by atoms with Crippen LogP contribution >= 0.6 is 0 Å². The molecule has 6 nitrogen and oxygen atoms in total. The quantitative estimate of drug-likeness (QED) is 0.393. The van der Waals surface area contributed by atoms with Gasteiger partial charge in [-0.1, -0.05) is 32.0 Å². The van der Waals surface area contributed by atoms with Crippen LogP contribution in [-0.2, 0) is 4.74 Å². The van der Waals surface area contributed by atoms with Crippen molar-refractivity contribution < 1.29 is 4.74 Å². The second-order valence-electron chi connectivity index (χ2n) is 7.45. The summed E-state index contributed by atoms with van der Waals surface area (Å²) in [6.45, 7) is 11.1. The highest BCUT2D eigenvalue weighted by Gasteiger charge is 2.23. The molecule has 1 saturated heterocycles. The van der Waals surface area contributed by atoms with Gasteiger partial charge in [0, 0.05) is 58.5 Å². The molecule has 0 saturated carbocycles. The molecular formula is C21H37N5O. The molecule has 1 heterocycles. The molecule has 0 radical (unpaired) electrons. The molecule has 1 atom stereocenters. The number of aliphatic imine (C=N–C) groups is 1. The Labute approximate surface area is 165 Å². The maximum absolute atomic E-state index is 5.49. The Morgan fingerprint density at radius 3 is 2.52 bits per heavy atom. The van der Waals surface area contributed by atoms with Crippen molar-refractivity contribution in [2.24, 2.45) is 10.9 Å². The van der Waals surface area contributed by atoms with E-state index in [4.69, 9.17) is 4.74 Å². The summed E-state index contributed by atoms with van der Waals surface area (Å²) in [5.74, 6) is 1.48. The number of nitrogens with one attached hydrogen (secondary N) is 2. The maximum Gasteiger partial charge on any atom is 0.191 e. The molecule has 1 aromatic rings. The average Bonchev–Trinajstić information content (AvgIpc) is 2.70. The summed E-state index contributed by atoms with van der Waals surface area (Å²) in [7, 11) is 3.97. The number of hydrogen-bond acceptors (Lipinski definition) is 4. The van der Waals surface area contributed by atoms with Gasteiger partial charge in [0.25, 0.3) is 0 Å². The minimum atomic E-state index is 0.497. The van der Waals surface area contributed by atoms with Gasteiger partial charge in [0.15, 0.2) is 5.96 Å². The van der Waals surface area contributed by atoms with Crippen LogP contribution in [0.15, 0.2) is 35.3 Å². The predicted molar refractivity (Wildman–Crippen MR) is 115 cm³/mol. The summed E-state index contributed by atoms with van der Waals surface area (Å²) in [6.07, 6.45) is 1.06. The molecule has 1 aliphatic rings. The van der Waals surface area contributed by atoms with Crippen molar-refractivity contribution in [2.45, 2.75) is 26.3 Å². The van der Waals surface area contributed by atoms with Crippen molar-refractivity contribution in [3.63, 3.8) is 0 Å². The number of hydrogen-bond donors (Lipinski definition) is 2. The molecule has 1 aliphatic heterocycles. The highest BCUT2D eigenvalue weighted by molar-refractivity contribution is 5.79. The van der Waals surface area contributed by atoms with Crippen LogP contribution in [0.1, 0.15) is 20.3 Å². The molecule has 6 heteroatoms. The van der Waals surface area contributed by atoms with E-state index in [1.54, 1.807) is 0 Å². The van der Waals surface area contributed by atoms with Crippen LogP contribution in [-0.4, -0.2) is 76.9 Å². The van der Waals surface area contributed by atoms with Crippen molar-refractivity contribution in [3.05, 3.63) is 30.3 Å². The number of morpholine rings is 1. The lowest BCUT2D eigenvalue weighted by Crippen LogP contribution is -2.52. The van der Waals surface area contributed by atoms with Crippen molar-refractivity contribution in [2.75, 3.05) is 64.9 Å². The molecule has 0 aromatic heterocycles. The summed E-state index contributed by atoms with van der Waals surface area (Å²) >= 11 is 0. The van der Waals surface area contributed by atoms with E-state index in [2.05, 4.69) is 76.7 Å². The lowest BCUT2D eigenvalue weighted by molar-refractivity contribution is 0.00752. The largest absolute Gasteiger partial charge is 0.379 e. The molecule has 0 aliphatic carbocycles. The number of benzene rings is 1. The first kappa shape index (κ1) is 21.5. The lowest BCUT2D eigenvalue weighted by atomic mass is 10.0. The Kier molecular flexibility index (Phi) is 9.42. The predicted octanol–water partition coefficient (Wildman–Crippen LogP) is 2.03. The topological polar surface area (TPSA) is 52.1 Å². The third kappa shape index (κ3) is 7.39. The van der Waals surface area contributed by atoms with Crippen LogP contribution in [0.3, 0.4) is 0 Å². The zero-order chi connectivity index (χ0) is 19.5. The van der Waals surface area contributed by atoms with Gasteiger partial charge in [-0.25, -0.2) is 0 Å². The zero-order valence-electron chi connectivity index (χ0n) is 17.4. The highest BCUT2D eigenvalue weighted by Crippen LogP contribution is 2.12. The van der Waals surface area contributed by atoms with Gasteiger partial charge in [-0.15, -0.1) is 0 Å². The van der Waals surface area contributed by atoms with E-state index in [0.29, 0.717) is 12.0 Å². The van der Waals surface area contributed by atoms with Gasteiger partial charge < -0.3 is 20.3 Å². The van der Waals surface area contributed by atoms with Crippen LogP contribution < -0.4 is 15.5 Å². The van der Waals surface area contributed by atoms with E-state index in [1.165, 1.54) is 5.69 Å². The minimum Gasteiger partial charge on any atom is -0.379 e. The molecule has 152 valence electrons. The van der Waals surface area contributed by atoms with E-state index < -0.39 is 0 Å². The van der Waals surface area contributed by atoms with Crippen molar-refractivity contribution in [3.8, 4) is 0 Å². The van der Waals surface area contributed by atoms with E-state index >= 15 is 0 Å². The van der Waals surface area contributed by atoms with Gasteiger partial charge in [-0.05, 0) is 24.5 Å². The average molecular weight is 376 g/mol. The molecule has 2 N–H and O–H groups in total. The zero-order valence-corrected chi connectivity index (χ0v) is 17.4. The first-order chi connectivity index (χ1) is 13.1. The fourth-order valence-corrected chi connectivity index (χ4v) is 3.45. The number of rotatable bonds is 9. The first-order valence-electron chi connectivity index (χ1n) is 10.1. The Hall–Kier alpha value is -1.79. The van der Waals surface area contributed by atoms with E-state index in [-0.39, 0.29) is 0 Å². The monoisotopic (exact) mass is 375 g/mol. The number of ether oxygens (including phenoxy) is 1. The van der Waals surface area contributed by atoms with Gasteiger partial charge in [0.1, 0.15) is 0 Å². The highest BCUT2D eigenvalue weighted by atomic mass is 16.5. The molecule has 2 rings (SSSR count). The second kappa shape index (κ2) is 11.8. The summed E-state index contributed by atoms with van der Waals surface area (Å²) in [6, 6.07) is 11.0. The number of anilines is 1. The van der Waals surface area contributed by atoms with Crippen molar-refractivity contribution >= 4 is 11.6 Å². The molecular weight excluding hydrogens is 338 g/mol. The molecule has 1 aromatic carbocycles. The second-order valence-corrected chi connectivity index (χ2v) is 7.45. The molecule has 1 unspecified atom stereocenters. The number of guanidine groups is 1. The van der Waals surface area contributed by atoms with Gasteiger partial charge in [0.2, 0.25) is 0 Å². The molecule has 0 spiro atoms. The maximum atomic E-state index is 5.49. The molecule has 0 bridgehead atoms. The van der Waals surface area contributed by atoms with Crippen molar-refractivity contribution in [1.82, 2.24) is 15.5 Å². The van der Waals surface area contributed by atoms with E-state index in [0.717, 1.165) is 58.3 Å². The lowest BCUT2D eigenvalue weighted by Gasteiger charge is -2.37. The molecule has 0 amide bonds. The Morgan fingerprint density at radius 2 is 1.89 bits per heavy atom. The van der Waals surface area contributed by atoms with Gasteiger partial charge in [0.05, 0.1) is 13.2 Å². The Morgan fingerprint density at radius 1 is 1.19 bits per heavy atom. The van der Waals surface area contributed by atoms with Crippen LogP contribution in [0.25, 0.3) is 0 Å². The van der Waals surface area contributed by atoms with E-state index in [9.17, 15) is 0 Å². The first-order valence-corrected chi connectivity index (χ1v) is 10.1. The van der Waals surface area contributed by atoms with Gasteiger partial charge in [-0.3, -0.25) is 9.89 Å². The minimum absolute atomic E-state index is 0.497. The molecule has 1 fully saturated rings. The molecule has 27 heavy (non-hydrogen) atoms. The summed E-state index contributed by atoms with van der Waals surface area (Å²) < 4.78 is 5.49. The SMILES string of the molecule is CN=C(NCCCN(C)c1ccccc1)NCC(C(C)C)N1CCOCC1. The third-order valence-electron chi connectivity index (χ3n) is 5.15. The normalized spacial score (nSPS) is 17.0. The third-order valence-corrected chi connectivity index (χ3v) is 5.15. The Bertz CT molecular complexity index is 543. The number of nitrogens with zero attached hydrogens (tertiary/aromatic N) is 3. The van der Waals surface area contributed by atoms with Crippen LogP contribution in [0.2, 0.25) is 0 Å². The van der Waals surface area contributed by atoms with Crippen LogP contribution in [0.5, 0.6) is 0 Å². The van der Waals surface area contributed by atoms with Gasteiger partial charge in [-0.2, -0.15) is 0 Å². The number of para-hydroxylation sites is 1. The van der Waals surface area contributed by atoms with Crippen LogP contribution in [0, 0.1) is 5.92 Å². The van der Waals surface area contributed by atoms with E-state index in [1.807, 2.05) is 7.05 Å². The summed E-state index contributed by atoms with van der Waals surface area (Å²) in [5, 5.41) is 6.95. The summed E-state index contributed by atoms with van der Waals surface area (Å²) in [4.78, 5) is 9.19. The fourth-order valence-electron chi connectivity index (χ4n) is 3.45. The van der Waals surface area contributed by atoms with Crippen LogP contribution in [0.4, 0.5) is 5.69 Å². The van der Waals surface area contributed by atoms with Crippen molar-refractivity contribution in [1.29, 1.82) is 0 Å². The fraction of sp³-hybridized carbons (Fsp3) is 0.667. The smallest absolute Gasteiger partial charge is 0.191 e. The van der Waals surface area contributed by atoms with Gasteiger partial charge >= 0.3 is 0 Å². The standard InChI is InChI=1S/C21H37N5O/c1-18(2)20(26-13-15-27-16-14-26)17-24-21(22-3)23-11-8-12-25(4)19-9-6-5-7-10-19/h5-7,9-10,18,20H,8,11-17H2,1-4H3,(H2,22,23,24). The Balaban J connectivity index is 1.70.